The lowest BCUT2D eigenvalue weighted by atomic mass is 9.86. The zero-order valence-electron chi connectivity index (χ0n) is 12.5. The standard InChI is InChI=1S/C17H20N2O2S/c20-16(8-13-7-11-3-4-12(13)6-11)18-9-14-10-21-17(19-14)15-2-1-5-22-15/h1-2,5,10-13H,3-4,6-9H2,(H,18,20). The van der Waals surface area contributed by atoms with Crippen molar-refractivity contribution in [2.75, 3.05) is 0 Å². The Morgan fingerprint density at radius 2 is 2.36 bits per heavy atom. The normalized spacial score (nSPS) is 26.5. The molecule has 0 radical (unpaired) electrons. The van der Waals surface area contributed by atoms with E-state index in [1.807, 2.05) is 17.5 Å². The molecule has 2 aliphatic carbocycles. The number of nitrogens with one attached hydrogen (secondary N) is 1. The molecule has 3 atom stereocenters. The van der Waals surface area contributed by atoms with Crippen LogP contribution in [0.3, 0.4) is 0 Å². The molecule has 1 N–H and O–H groups in total. The minimum atomic E-state index is 0.151. The van der Waals surface area contributed by atoms with Crippen molar-refractivity contribution >= 4 is 17.2 Å². The molecule has 0 aromatic carbocycles. The van der Waals surface area contributed by atoms with Gasteiger partial charge in [-0.25, -0.2) is 4.98 Å². The smallest absolute Gasteiger partial charge is 0.236 e. The Bertz CT molecular complexity index is 649. The highest BCUT2D eigenvalue weighted by Crippen LogP contribution is 2.49. The van der Waals surface area contributed by atoms with E-state index in [9.17, 15) is 4.79 Å². The van der Waals surface area contributed by atoms with Crippen LogP contribution in [0.4, 0.5) is 0 Å². The third kappa shape index (κ3) is 2.82. The second-order valence-electron chi connectivity index (χ2n) is 6.54. The van der Waals surface area contributed by atoms with Gasteiger partial charge in [0.05, 0.1) is 17.1 Å². The monoisotopic (exact) mass is 316 g/mol. The molecule has 2 aliphatic rings. The van der Waals surface area contributed by atoms with Crippen LogP contribution in [0.15, 0.2) is 28.2 Å². The van der Waals surface area contributed by atoms with Gasteiger partial charge in [-0.3, -0.25) is 4.79 Å². The Labute approximate surface area is 133 Å². The highest BCUT2D eigenvalue weighted by molar-refractivity contribution is 7.13. The van der Waals surface area contributed by atoms with Gasteiger partial charge in [-0.2, -0.15) is 0 Å². The van der Waals surface area contributed by atoms with E-state index >= 15 is 0 Å². The van der Waals surface area contributed by atoms with E-state index in [4.69, 9.17) is 4.42 Å². The fourth-order valence-corrected chi connectivity index (χ4v) is 4.68. The van der Waals surface area contributed by atoms with Crippen LogP contribution in [0.1, 0.15) is 37.8 Å². The van der Waals surface area contributed by atoms with Crippen LogP contribution in [-0.4, -0.2) is 10.9 Å². The number of amides is 1. The lowest BCUT2D eigenvalue weighted by molar-refractivity contribution is -0.122. The fourth-order valence-electron chi connectivity index (χ4n) is 4.03. The maximum atomic E-state index is 12.1. The van der Waals surface area contributed by atoms with Gasteiger partial charge >= 0.3 is 0 Å². The number of rotatable bonds is 5. The summed E-state index contributed by atoms with van der Waals surface area (Å²) in [5.41, 5.74) is 0.782. The number of thiophene rings is 1. The van der Waals surface area contributed by atoms with Crippen molar-refractivity contribution in [3.63, 3.8) is 0 Å². The van der Waals surface area contributed by atoms with Crippen LogP contribution in [0.5, 0.6) is 0 Å². The molecule has 0 aliphatic heterocycles. The van der Waals surface area contributed by atoms with Crippen LogP contribution in [0.2, 0.25) is 0 Å². The predicted molar refractivity (Wildman–Crippen MR) is 85.2 cm³/mol. The van der Waals surface area contributed by atoms with Crippen LogP contribution in [0.25, 0.3) is 10.8 Å². The Morgan fingerprint density at radius 1 is 1.41 bits per heavy atom. The quantitative estimate of drug-likeness (QED) is 0.911. The maximum absolute atomic E-state index is 12.1. The summed E-state index contributed by atoms with van der Waals surface area (Å²) < 4.78 is 5.46. The third-order valence-corrected chi connectivity index (χ3v) is 5.94. The van der Waals surface area contributed by atoms with Crippen molar-refractivity contribution < 1.29 is 9.21 Å². The minimum absolute atomic E-state index is 0.151. The fraction of sp³-hybridized carbons (Fsp3) is 0.529. The Hall–Kier alpha value is -1.62. The molecule has 22 heavy (non-hydrogen) atoms. The van der Waals surface area contributed by atoms with E-state index in [2.05, 4.69) is 10.3 Å². The van der Waals surface area contributed by atoms with Gasteiger partial charge in [0.15, 0.2) is 0 Å². The Balaban J connectivity index is 1.28. The second-order valence-corrected chi connectivity index (χ2v) is 7.48. The van der Waals surface area contributed by atoms with Crippen molar-refractivity contribution in [2.45, 2.75) is 38.6 Å². The number of hydrogen-bond acceptors (Lipinski definition) is 4. The maximum Gasteiger partial charge on any atom is 0.236 e. The topological polar surface area (TPSA) is 55.1 Å². The van der Waals surface area contributed by atoms with Crippen molar-refractivity contribution in [1.29, 1.82) is 0 Å². The first kappa shape index (κ1) is 14.0. The average Bonchev–Trinajstić information content (AvgIpc) is 3.27. The molecule has 2 heterocycles. The Kier molecular flexibility index (Phi) is 3.74. The van der Waals surface area contributed by atoms with E-state index in [1.165, 1.54) is 25.7 Å². The largest absolute Gasteiger partial charge is 0.443 e. The van der Waals surface area contributed by atoms with Crippen LogP contribution < -0.4 is 5.32 Å². The van der Waals surface area contributed by atoms with Gasteiger partial charge in [0.2, 0.25) is 11.8 Å². The second kappa shape index (κ2) is 5.88. The first-order valence-corrected chi connectivity index (χ1v) is 8.91. The summed E-state index contributed by atoms with van der Waals surface area (Å²) in [6.07, 6.45) is 7.63. The molecule has 0 saturated heterocycles. The van der Waals surface area contributed by atoms with Crippen LogP contribution in [0, 0.1) is 17.8 Å². The number of carbonyl (C=O) groups is 1. The Morgan fingerprint density at radius 3 is 3.09 bits per heavy atom. The van der Waals surface area contributed by atoms with E-state index in [0.29, 0.717) is 24.8 Å². The van der Waals surface area contributed by atoms with Crippen LogP contribution >= 0.6 is 11.3 Å². The zero-order valence-corrected chi connectivity index (χ0v) is 13.3. The molecule has 2 fully saturated rings. The number of nitrogens with zero attached hydrogens (tertiary/aromatic N) is 1. The van der Waals surface area contributed by atoms with Crippen molar-refractivity contribution in [2.24, 2.45) is 17.8 Å². The first-order valence-electron chi connectivity index (χ1n) is 8.03. The lowest BCUT2D eigenvalue weighted by Gasteiger charge is -2.20. The molecular formula is C17H20N2O2S. The first-order chi connectivity index (χ1) is 10.8. The summed E-state index contributed by atoms with van der Waals surface area (Å²) in [4.78, 5) is 17.6. The van der Waals surface area contributed by atoms with Gasteiger partial charge in [-0.1, -0.05) is 12.5 Å². The van der Waals surface area contributed by atoms with E-state index in [1.54, 1.807) is 17.6 Å². The summed E-state index contributed by atoms with van der Waals surface area (Å²) >= 11 is 1.60. The summed E-state index contributed by atoms with van der Waals surface area (Å²) in [5.74, 6) is 3.09. The lowest BCUT2D eigenvalue weighted by Crippen LogP contribution is -2.27. The molecule has 5 heteroatoms. The molecule has 2 bridgehead atoms. The highest BCUT2D eigenvalue weighted by Gasteiger charge is 2.40. The van der Waals surface area contributed by atoms with Gasteiger partial charge < -0.3 is 9.73 Å². The third-order valence-electron chi connectivity index (χ3n) is 5.08. The summed E-state index contributed by atoms with van der Waals surface area (Å²) in [5, 5.41) is 4.98. The van der Waals surface area contributed by atoms with E-state index in [-0.39, 0.29) is 5.91 Å². The number of fused-ring (bicyclic) bond motifs is 2. The summed E-state index contributed by atoms with van der Waals surface area (Å²) in [7, 11) is 0. The van der Waals surface area contributed by atoms with Gasteiger partial charge in [0, 0.05) is 6.42 Å². The summed E-state index contributed by atoms with van der Waals surface area (Å²) in [6, 6.07) is 3.95. The predicted octanol–water partition coefficient (Wildman–Crippen LogP) is 3.85. The molecule has 4 nitrogen and oxygen atoms in total. The number of hydrogen-bond donors (Lipinski definition) is 1. The molecule has 1 amide bonds. The van der Waals surface area contributed by atoms with Gasteiger partial charge in [-0.05, 0) is 48.5 Å². The minimum Gasteiger partial charge on any atom is -0.443 e. The van der Waals surface area contributed by atoms with Crippen molar-refractivity contribution in [3.8, 4) is 10.8 Å². The van der Waals surface area contributed by atoms with Crippen molar-refractivity contribution in [3.05, 3.63) is 29.5 Å². The van der Waals surface area contributed by atoms with Crippen LogP contribution in [-0.2, 0) is 11.3 Å². The van der Waals surface area contributed by atoms with Crippen molar-refractivity contribution in [1.82, 2.24) is 10.3 Å². The summed E-state index contributed by atoms with van der Waals surface area (Å²) in [6.45, 7) is 0.453. The highest BCUT2D eigenvalue weighted by atomic mass is 32.1. The number of oxazole rings is 1. The number of aromatic nitrogens is 1. The SMILES string of the molecule is O=C(CC1CC2CCC1C2)NCc1coc(-c2cccs2)n1. The molecule has 4 rings (SSSR count). The number of carbonyl (C=O) groups excluding carboxylic acids is 1. The molecule has 2 saturated carbocycles. The molecule has 116 valence electrons. The molecule has 2 aromatic rings. The zero-order chi connectivity index (χ0) is 14.9. The molecule has 3 unspecified atom stereocenters. The molecular weight excluding hydrogens is 296 g/mol. The van der Waals surface area contributed by atoms with E-state index < -0.39 is 0 Å². The molecule has 0 spiro atoms. The van der Waals surface area contributed by atoms with E-state index in [0.717, 1.165) is 22.4 Å². The van der Waals surface area contributed by atoms with Gasteiger partial charge in [-0.15, -0.1) is 11.3 Å². The van der Waals surface area contributed by atoms with Gasteiger partial charge in [0.1, 0.15) is 6.26 Å². The average molecular weight is 316 g/mol. The molecule has 2 aromatic heterocycles. The van der Waals surface area contributed by atoms with Gasteiger partial charge in [0.25, 0.3) is 0 Å².